The van der Waals surface area contributed by atoms with Crippen LogP contribution < -0.4 is 19.1 Å². The molecule has 1 amide bonds. The van der Waals surface area contributed by atoms with Crippen molar-refractivity contribution < 1.29 is 19.0 Å². The Morgan fingerprint density at radius 3 is 2.44 bits per heavy atom. The molecule has 3 aromatic rings. The molecular formula is C27H33N3O4. The van der Waals surface area contributed by atoms with Crippen LogP contribution in [0.1, 0.15) is 35.7 Å². The van der Waals surface area contributed by atoms with E-state index >= 15 is 0 Å². The van der Waals surface area contributed by atoms with Gasteiger partial charge in [-0.3, -0.25) is 4.79 Å². The van der Waals surface area contributed by atoms with E-state index in [1.165, 1.54) is 6.42 Å². The van der Waals surface area contributed by atoms with E-state index in [0.29, 0.717) is 35.3 Å². The van der Waals surface area contributed by atoms with Gasteiger partial charge in [0.05, 0.1) is 32.4 Å². The van der Waals surface area contributed by atoms with Gasteiger partial charge in [-0.05, 0) is 48.6 Å². The first kappa shape index (κ1) is 23.7. The van der Waals surface area contributed by atoms with Crippen molar-refractivity contribution in [3.63, 3.8) is 0 Å². The second-order valence-electron chi connectivity index (χ2n) is 8.93. The third kappa shape index (κ3) is 4.74. The average molecular weight is 464 g/mol. The summed E-state index contributed by atoms with van der Waals surface area (Å²) >= 11 is 0. The number of nitrogens with zero attached hydrogens (tertiary/aromatic N) is 3. The molecule has 0 unspecified atom stereocenters. The third-order valence-corrected chi connectivity index (χ3v) is 6.41. The van der Waals surface area contributed by atoms with E-state index in [4.69, 9.17) is 19.2 Å². The van der Waals surface area contributed by atoms with Crippen molar-refractivity contribution in [2.75, 3.05) is 46.4 Å². The summed E-state index contributed by atoms with van der Waals surface area (Å²) in [6, 6.07) is 13.5. The van der Waals surface area contributed by atoms with Crippen LogP contribution in [0.15, 0.2) is 42.5 Å². The Kier molecular flexibility index (Phi) is 7.10. The molecule has 0 spiro atoms. The number of ether oxygens (including phenoxy) is 3. The molecule has 2 heterocycles. The van der Waals surface area contributed by atoms with Gasteiger partial charge >= 0.3 is 0 Å². The highest BCUT2D eigenvalue weighted by atomic mass is 16.5. The number of piperidine rings is 1. The number of methoxy groups -OCH3 is 3. The molecule has 34 heavy (non-hydrogen) atoms. The largest absolute Gasteiger partial charge is 0.493 e. The van der Waals surface area contributed by atoms with Crippen molar-refractivity contribution >= 4 is 22.6 Å². The number of rotatable bonds is 7. The smallest absolute Gasteiger partial charge is 0.254 e. The highest BCUT2D eigenvalue weighted by molar-refractivity contribution is 6.06. The van der Waals surface area contributed by atoms with Gasteiger partial charge in [0.25, 0.3) is 5.91 Å². The molecule has 1 saturated heterocycles. The van der Waals surface area contributed by atoms with Gasteiger partial charge in [0.2, 0.25) is 5.75 Å². The molecule has 2 aromatic carbocycles. The quantitative estimate of drug-likeness (QED) is 0.503. The number of pyridine rings is 1. The predicted molar refractivity (Wildman–Crippen MR) is 134 cm³/mol. The Morgan fingerprint density at radius 1 is 1.09 bits per heavy atom. The topological polar surface area (TPSA) is 64.1 Å². The van der Waals surface area contributed by atoms with Crippen molar-refractivity contribution in [1.29, 1.82) is 0 Å². The zero-order chi connectivity index (χ0) is 24.2. The summed E-state index contributed by atoms with van der Waals surface area (Å²) in [4.78, 5) is 22.6. The first-order chi connectivity index (χ1) is 16.4. The summed E-state index contributed by atoms with van der Waals surface area (Å²) < 4.78 is 16.4. The van der Waals surface area contributed by atoms with Crippen LogP contribution in [-0.2, 0) is 6.54 Å². The number of carbonyl (C=O) groups is 1. The highest BCUT2D eigenvalue weighted by Gasteiger charge is 2.23. The third-order valence-electron chi connectivity index (χ3n) is 6.41. The molecule has 7 heteroatoms. The van der Waals surface area contributed by atoms with Gasteiger partial charge in [0, 0.05) is 32.1 Å². The number of anilines is 1. The second kappa shape index (κ2) is 10.2. The van der Waals surface area contributed by atoms with Crippen LogP contribution in [0.2, 0.25) is 0 Å². The fraction of sp³-hybridized carbons (Fsp3) is 0.407. The fourth-order valence-corrected chi connectivity index (χ4v) is 4.68. The molecule has 0 aliphatic carbocycles. The summed E-state index contributed by atoms with van der Waals surface area (Å²) in [5, 5.41) is 0.859. The first-order valence-electron chi connectivity index (χ1n) is 11.6. The van der Waals surface area contributed by atoms with Gasteiger partial charge < -0.3 is 24.0 Å². The molecule has 1 aromatic heterocycles. The summed E-state index contributed by atoms with van der Waals surface area (Å²) in [6.45, 7) is 4.58. The summed E-state index contributed by atoms with van der Waals surface area (Å²) in [5.41, 5.74) is 2.38. The molecule has 180 valence electrons. The standard InChI is InChI=1S/C27H33N3O4/c1-18-9-8-12-30(16-18)25-15-21(20-10-6-7-11-22(20)28-25)27(31)29(2)17-19-13-23(32-3)26(34-5)24(14-19)33-4/h6-7,10-11,13-15,18H,8-9,12,16-17H2,1-5H3/t18-/m0/s1. The molecule has 7 nitrogen and oxygen atoms in total. The Morgan fingerprint density at radius 2 is 1.79 bits per heavy atom. The summed E-state index contributed by atoms with van der Waals surface area (Å²) in [5.74, 6) is 3.09. The van der Waals surface area contributed by atoms with Crippen LogP contribution in [0, 0.1) is 5.92 Å². The van der Waals surface area contributed by atoms with E-state index in [9.17, 15) is 4.79 Å². The number of carbonyl (C=O) groups excluding carboxylic acids is 1. The van der Waals surface area contributed by atoms with Crippen molar-refractivity contribution in [3.05, 3.63) is 53.6 Å². The maximum atomic E-state index is 13.7. The van der Waals surface area contributed by atoms with E-state index in [1.807, 2.05) is 49.5 Å². The minimum Gasteiger partial charge on any atom is -0.493 e. The number of fused-ring (bicyclic) bond motifs is 1. The maximum Gasteiger partial charge on any atom is 0.254 e. The Labute approximate surface area is 201 Å². The molecule has 0 saturated carbocycles. The van der Waals surface area contributed by atoms with Gasteiger partial charge in [0.15, 0.2) is 11.5 Å². The van der Waals surface area contributed by atoms with Crippen LogP contribution in [0.25, 0.3) is 10.9 Å². The zero-order valence-corrected chi connectivity index (χ0v) is 20.6. The van der Waals surface area contributed by atoms with Crippen LogP contribution in [0.4, 0.5) is 5.82 Å². The first-order valence-corrected chi connectivity index (χ1v) is 11.6. The van der Waals surface area contributed by atoms with Gasteiger partial charge in [-0.15, -0.1) is 0 Å². The molecule has 1 atom stereocenters. The average Bonchev–Trinajstić information content (AvgIpc) is 2.86. The van der Waals surface area contributed by atoms with E-state index in [0.717, 1.165) is 41.8 Å². The zero-order valence-electron chi connectivity index (χ0n) is 20.6. The molecule has 1 fully saturated rings. The molecule has 0 radical (unpaired) electrons. The lowest BCUT2D eigenvalue weighted by atomic mass is 10.00. The minimum absolute atomic E-state index is 0.0568. The Balaban J connectivity index is 1.67. The number of aromatic nitrogens is 1. The summed E-state index contributed by atoms with van der Waals surface area (Å²) in [6.07, 6.45) is 2.37. The van der Waals surface area contributed by atoms with E-state index in [2.05, 4.69) is 11.8 Å². The van der Waals surface area contributed by atoms with Crippen molar-refractivity contribution in [3.8, 4) is 17.2 Å². The fourth-order valence-electron chi connectivity index (χ4n) is 4.68. The number of hydrogen-bond donors (Lipinski definition) is 0. The number of hydrogen-bond acceptors (Lipinski definition) is 6. The molecule has 0 N–H and O–H groups in total. The summed E-state index contributed by atoms with van der Waals surface area (Å²) in [7, 11) is 6.55. The minimum atomic E-state index is -0.0568. The molecule has 1 aliphatic heterocycles. The highest BCUT2D eigenvalue weighted by Crippen LogP contribution is 2.38. The van der Waals surface area contributed by atoms with Crippen LogP contribution >= 0.6 is 0 Å². The monoisotopic (exact) mass is 463 g/mol. The normalized spacial score (nSPS) is 15.8. The lowest BCUT2D eigenvalue weighted by Gasteiger charge is -2.32. The molecule has 0 bridgehead atoms. The lowest BCUT2D eigenvalue weighted by molar-refractivity contribution is 0.0786. The lowest BCUT2D eigenvalue weighted by Crippen LogP contribution is -2.35. The van der Waals surface area contributed by atoms with E-state index in [1.54, 1.807) is 26.2 Å². The molecule has 1 aliphatic rings. The van der Waals surface area contributed by atoms with E-state index in [-0.39, 0.29) is 5.91 Å². The van der Waals surface area contributed by atoms with Crippen molar-refractivity contribution in [2.24, 2.45) is 5.92 Å². The Bertz CT molecular complexity index is 1150. The number of para-hydroxylation sites is 1. The molecular weight excluding hydrogens is 430 g/mol. The maximum absolute atomic E-state index is 13.7. The van der Waals surface area contributed by atoms with Crippen molar-refractivity contribution in [1.82, 2.24) is 9.88 Å². The second-order valence-corrected chi connectivity index (χ2v) is 8.93. The van der Waals surface area contributed by atoms with Crippen molar-refractivity contribution in [2.45, 2.75) is 26.3 Å². The van der Waals surface area contributed by atoms with Crippen LogP contribution in [0.3, 0.4) is 0 Å². The SMILES string of the molecule is COc1cc(CN(C)C(=O)c2cc(N3CCC[C@H](C)C3)nc3ccccc23)cc(OC)c1OC. The number of benzene rings is 2. The number of amides is 1. The van der Waals surface area contributed by atoms with Crippen LogP contribution in [0.5, 0.6) is 17.2 Å². The van der Waals surface area contributed by atoms with Gasteiger partial charge in [-0.25, -0.2) is 4.98 Å². The van der Waals surface area contributed by atoms with Crippen LogP contribution in [-0.4, -0.2) is 57.3 Å². The van der Waals surface area contributed by atoms with E-state index < -0.39 is 0 Å². The Hall–Kier alpha value is -3.48. The predicted octanol–water partition coefficient (Wildman–Crippen LogP) is 4.77. The van der Waals surface area contributed by atoms with Gasteiger partial charge in [-0.2, -0.15) is 0 Å². The van der Waals surface area contributed by atoms with Gasteiger partial charge in [0.1, 0.15) is 5.82 Å². The van der Waals surface area contributed by atoms with Gasteiger partial charge in [-0.1, -0.05) is 25.1 Å². The molecule has 4 rings (SSSR count).